The third-order valence-electron chi connectivity index (χ3n) is 2.38. The van der Waals surface area contributed by atoms with Crippen LogP contribution >= 0.6 is 11.3 Å². The van der Waals surface area contributed by atoms with Gasteiger partial charge >= 0.3 is 0 Å². The molecule has 0 bridgehead atoms. The molecule has 0 saturated carbocycles. The lowest BCUT2D eigenvalue weighted by molar-refractivity contribution is -0.151. The lowest BCUT2D eigenvalue weighted by atomic mass is 10.2. The molecule has 2 rings (SSSR count). The van der Waals surface area contributed by atoms with E-state index < -0.39 is 5.79 Å². The summed E-state index contributed by atoms with van der Waals surface area (Å²) < 4.78 is 11.3. The molecule has 1 saturated heterocycles. The molecule has 2 unspecified atom stereocenters. The SMILES string of the molecule is CC1(Cc2cccs2)OCC(CC#N)O1. The first-order valence-corrected chi connectivity index (χ1v) is 5.81. The third kappa shape index (κ3) is 2.57. The highest BCUT2D eigenvalue weighted by Gasteiger charge is 2.37. The summed E-state index contributed by atoms with van der Waals surface area (Å²) in [7, 11) is 0. The first kappa shape index (κ1) is 10.6. The Kier molecular flexibility index (Phi) is 3.06. The molecule has 0 spiro atoms. The number of hydrogen-bond acceptors (Lipinski definition) is 4. The highest BCUT2D eigenvalue weighted by Crippen LogP contribution is 2.29. The topological polar surface area (TPSA) is 42.2 Å². The zero-order chi connectivity index (χ0) is 10.7. The molecule has 0 radical (unpaired) electrons. The Labute approximate surface area is 93.2 Å². The molecule has 1 aromatic heterocycles. The number of thiophene rings is 1. The van der Waals surface area contributed by atoms with Crippen molar-refractivity contribution in [3.05, 3.63) is 22.4 Å². The Morgan fingerprint density at radius 1 is 1.73 bits per heavy atom. The summed E-state index contributed by atoms with van der Waals surface area (Å²) in [5.41, 5.74) is 0. The Balaban J connectivity index is 1.95. The van der Waals surface area contributed by atoms with Crippen LogP contribution in [0.4, 0.5) is 0 Å². The van der Waals surface area contributed by atoms with Crippen LogP contribution in [0.25, 0.3) is 0 Å². The van der Waals surface area contributed by atoms with Crippen LogP contribution in [-0.4, -0.2) is 18.5 Å². The molecule has 0 aliphatic carbocycles. The van der Waals surface area contributed by atoms with Gasteiger partial charge in [-0.15, -0.1) is 11.3 Å². The van der Waals surface area contributed by atoms with Crippen molar-refractivity contribution >= 4 is 11.3 Å². The van der Waals surface area contributed by atoms with Gasteiger partial charge in [0, 0.05) is 11.3 Å². The van der Waals surface area contributed by atoms with E-state index in [9.17, 15) is 0 Å². The van der Waals surface area contributed by atoms with Crippen molar-refractivity contribution in [2.75, 3.05) is 6.61 Å². The molecule has 0 aromatic carbocycles. The van der Waals surface area contributed by atoms with Gasteiger partial charge in [0.05, 0.1) is 25.2 Å². The van der Waals surface area contributed by atoms with Gasteiger partial charge in [0.2, 0.25) is 0 Å². The standard InChI is InChI=1S/C11H13NO2S/c1-11(7-10-3-2-6-15-10)13-8-9(14-11)4-5-12/h2-3,6,9H,4,7-8H2,1H3. The molecule has 2 heterocycles. The Bertz CT molecular complexity index is 357. The lowest BCUT2D eigenvalue weighted by Crippen LogP contribution is -2.29. The molecule has 15 heavy (non-hydrogen) atoms. The van der Waals surface area contributed by atoms with Crippen molar-refractivity contribution in [1.82, 2.24) is 0 Å². The van der Waals surface area contributed by atoms with E-state index in [4.69, 9.17) is 14.7 Å². The molecular formula is C11H13NO2S. The second-order valence-corrected chi connectivity index (χ2v) is 4.84. The van der Waals surface area contributed by atoms with E-state index in [-0.39, 0.29) is 6.10 Å². The average molecular weight is 223 g/mol. The fourth-order valence-electron chi connectivity index (χ4n) is 1.71. The van der Waals surface area contributed by atoms with Crippen LogP contribution < -0.4 is 0 Å². The fraction of sp³-hybridized carbons (Fsp3) is 0.545. The van der Waals surface area contributed by atoms with E-state index >= 15 is 0 Å². The lowest BCUT2D eigenvalue weighted by Gasteiger charge is -2.22. The Morgan fingerprint density at radius 2 is 2.60 bits per heavy atom. The van der Waals surface area contributed by atoms with Crippen molar-refractivity contribution in [2.24, 2.45) is 0 Å². The van der Waals surface area contributed by atoms with E-state index in [0.29, 0.717) is 13.0 Å². The van der Waals surface area contributed by atoms with Crippen LogP contribution in [0, 0.1) is 11.3 Å². The van der Waals surface area contributed by atoms with Crippen molar-refractivity contribution in [3.63, 3.8) is 0 Å². The van der Waals surface area contributed by atoms with E-state index in [1.807, 2.05) is 18.4 Å². The second-order valence-electron chi connectivity index (χ2n) is 3.80. The fourth-order valence-corrected chi connectivity index (χ4v) is 2.55. The number of ether oxygens (including phenoxy) is 2. The average Bonchev–Trinajstić information content (AvgIpc) is 2.78. The maximum Gasteiger partial charge on any atom is 0.170 e. The smallest absolute Gasteiger partial charge is 0.170 e. The molecule has 4 heteroatoms. The predicted molar refractivity (Wildman–Crippen MR) is 57.5 cm³/mol. The number of nitrogens with zero attached hydrogens (tertiary/aromatic N) is 1. The van der Waals surface area contributed by atoms with E-state index in [2.05, 4.69) is 12.1 Å². The van der Waals surface area contributed by atoms with Gasteiger partial charge in [-0.05, 0) is 18.4 Å². The summed E-state index contributed by atoms with van der Waals surface area (Å²) in [6, 6.07) is 6.19. The van der Waals surface area contributed by atoms with Crippen LogP contribution in [0.1, 0.15) is 18.2 Å². The van der Waals surface area contributed by atoms with Gasteiger partial charge in [-0.25, -0.2) is 0 Å². The first-order chi connectivity index (χ1) is 7.22. The third-order valence-corrected chi connectivity index (χ3v) is 3.26. The molecule has 1 aliphatic rings. The molecule has 80 valence electrons. The molecular weight excluding hydrogens is 210 g/mol. The maximum atomic E-state index is 8.57. The Morgan fingerprint density at radius 3 is 3.27 bits per heavy atom. The summed E-state index contributed by atoms with van der Waals surface area (Å²) in [4.78, 5) is 1.25. The van der Waals surface area contributed by atoms with Crippen LogP contribution in [0.2, 0.25) is 0 Å². The summed E-state index contributed by atoms with van der Waals surface area (Å²) in [6.07, 6.45) is 1.09. The number of nitriles is 1. The zero-order valence-electron chi connectivity index (χ0n) is 8.60. The first-order valence-electron chi connectivity index (χ1n) is 4.93. The van der Waals surface area contributed by atoms with Crippen LogP contribution in [0.15, 0.2) is 17.5 Å². The van der Waals surface area contributed by atoms with Crippen molar-refractivity contribution in [3.8, 4) is 6.07 Å². The maximum absolute atomic E-state index is 8.57. The Hall–Kier alpha value is -0.890. The van der Waals surface area contributed by atoms with Gasteiger partial charge in [-0.1, -0.05) is 6.07 Å². The van der Waals surface area contributed by atoms with Gasteiger partial charge in [-0.2, -0.15) is 5.26 Å². The van der Waals surface area contributed by atoms with Crippen molar-refractivity contribution < 1.29 is 9.47 Å². The molecule has 1 fully saturated rings. The molecule has 0 N–H and O–H groups in total. The second kappa shape index (κ2) is 4.31. The number of hydrogen-bond donors (Lipinski definition) is 0. The van der Waals surface area contributed by atoms with E-state index in [1.54, 1.807) is 11.3 Å². The molecule has 1 aromatic rings. The highest BCUT2D eigenvalue weighted by molar-refractivity contribution is 7.09. The number of rotatable bonds is 3. The highest BCUT2D eigenvalue weighted by atomic mass is 32.1. The predicted octanol–water partition coefficient (Wildman–Crippen LogP) is 2.34. The van der Waals surface area contributed by atoms with Crippen molar-refractivity contribution in [1.29, 1.82) is 5.26 Å². The molecule has 2 atom stereocenters. The largest absolute Gasteiger partial charge is 0.347 e. The summed E-state index contributed by atoms with van der Waals surface area (Å²) in [5.74, 6) is -0.549. The summed E-state index contributed by atoms with van der Waals surface area (Å²) in [6.45, 7) is 2.46. The van der Waals surface area contributed by atoms with Crippen LogP contribution in [0.3, 0.4) is 0 Å². The van der Waals surface area contributed by atoms with E-state index in [0.717, 1.165) is 6.42 Å². The molecule has 3 nitrogen and oxygen atoms in total. The van der Waals surface area contributed by atoms with Gasteiger partial charge in [0.25, 0.3) is 0 Å². The zero-order valence-corrected chi connectivity index (χ0v) is 9.42. The summed E-state index contributed by atoms with van der Waals surface area (Å²) >= 11 is 1.70. The van der Waals surface area contributed by atoms with Crippen LogP contribution in [0.5, 0.6) is 0 Å². The van der Waals surface area contributed by atoms with Gasteiger partial charge in [0.15, 0.2) is 5.79 Å². The molecule has 0 amide bonds. The minimum atomic E-state index is -0.549. The van der Waals surface area contributed by atoms with Gasteiger partial charge in [0.1, 0.15) is 0 Å². The molecule has 1 aliphatic heterocycles. The normalized spacial score (nSPS) is 30.3. The van der Waals surface area contributed by atoms with E-state index in [1.165, 1.54) is 4.88 Å². The minimum Gasteiger partial charge on any atom is -0.347 e. The monoisotopic (exact) mass is 223 g/mol. The van der Waals surface area contributed by atoms with Gasteiger partial charge < -0.3 is 9.47 Å². The van der Waals surface area contributed by atoms with Crippen LogP contribution in [-0.2, 0) is 15.9 Å². The van der Waals surface area contributed by atoms with Gasteiger partial charge in [-0.3, -0.25) is 0 Å². The summed E-state index contributed by atoms with van der Waals surface area (Å²) in [5, 5.41) is 10.6. The van der Waals surface area contributed by atoms with Crippen molar-refractivity contribution in [2.45, 2.75) is 31.7 Å². The minimum absolute atomic E-state index is 0.0695. The quantitative estimate of drug-likeness (QED) is 0.789.